The van der Waals surface area contributed by atoms with Crippen LogP contribution in [0.25, 0.3) is 0 Å². The Morgan fingerprint density at radius 2 is 1.89 bits per heavy atom. The van der Waals surface area contributed by atoms with Crippen LogP contribution in [0.15, 0.2) is 12.2 Å². The van der Waals surface area contributed by atoms with Gasteiger partial charge in [-0.05, 0) is 20.8 Å². The Bertz CT molecular complexity index is 398. The van der Waals surface area contributed by atoms with Crippen LogP contribution in [-0.4, -0.2) is 55.5 Å². The molecule has 0 spiro atoms. The van der Waals surface area contributed by atoms with Crippen molar-refractivity contribution in [2.45, 2.75) is 27.2 Å². The molecule has 0 saturated carbocycles. The lowest BCUT2D eigenvalue weighted by atomic mass is 10.3. The second kappa shape index (κ2) is 8.29. The van der Waals surface area contributed by atoms with E-state index in [0.29, 0.717) is 17.4 Å². The summed E-state index contributed by atoms with van der Waals surface area (Å²) in [4.78, 5) is 11.3. The monoisotopic (exact) mass is 294 g/mol. The highest BCUT2D eigenvalue weighted by Gasteiger charge is 2.25. The predicted octanol–water partition coefficient (Wildman–Crippen LogP) is 1.20. The second-order valence-corrected chi connectivity index (χ2v) is 6.00. The molecule has 0 amide bonds. The van der Waals surface area contributed by atoms with Crippen LogP contribution in [0.4, 0.5) is 0 Å². The highest BCUT2D eigenvalue weighted by atomic mass is 32.2. The summed E-state index contributed by atoms with van der Waals surface area (Å²) in [5.41, 5.74) is 0. The zero-order chi connectivity index (χ0) is 14.9. The number of ether oxygens (including phenoxy) is 1. The van der Waals surface area contributed by atoms with Crippen LogP contribution in [0.5, 0.6) is 0 Å². The molecule has 112 valence electrons. The molecule has 0 fully saturated rings. The maximum absolute atomic E-state index is 11.3. The molecule has 0 aliphatic heterocycles. The number of carbonyl (C=O) groups excluding carboxylic acids is 1. The van der Waals surface area contributed by atoms with Gasteiger partial charge in [-0.1, -0.05) is 6.08 Å². The summed E-state index contributed by atoms with van der Waals surface area (Å²) in [6.45, 7) is 7.85. The molecule has 0 saturated heterocycles. The minimum atomic E-state index is -3.93. The molecule has 0 heterocycles. The first-order chi connectivity index (χ1) is 8.78. The lowest BCUT2D eigenvalue weighted by Crippen LogP contribution is -2.50. The molecule has 0 aromatic rings. The second-order valence-electron chi connectivity index (χ2n) is 4.43. The average molecular weight is 294 g/mol. The lowest BCUT2D eigenvalue weighted by molar-refractivity contribution is -0.940. The molecule has 0 aromatic heterocycles. The molecule has 0 atom stereocenters. The van der Waals surface area contributed by atoms with Gasteiger partial charge >= 0.3 is 5.97 Å². The molecule has 1 N–H and O–H groups in total. The normalized spacial score (nSPS) is 12.8. The molecule has 0 aliphatic carbocycles. The van der Waals surface area contributed by atoms with E-state index < -0.39 is 16.1 Å². The van der Waals surface area contributed by atoms with E-state index in [1.165, 1.54) is 6.08 Å². The van der Waals surface area contributed by atoms with Crippen LogP contribution in [0.1, 0.15) is 27.2 Å². The number of carbonyl (C=O) groups is 1. The van der Waals surface area contributed by atoms with Crippen LogP contribution in [0, 0.1) is 0 Å². The van der Waals surface area contributed by atoms with Crippen LogP contribution in [0.2, 0.25) is 0 Å². The van der Waals surface area contributed by atoms with E-state index in [0.717, 1.165) is 13.1 Å². The van der Waals surface area contributed by atoms with Gasteiger partial charge in [-0.15, -0.1) is 0 Å². The highest BCUT2D eigenvalue weighted by Crippen LogP contribution is 2.09. The van der Waals surface area contributed by atoms with E-state index in [-0.39, 0.29) is 12.5 Å². The van der Waals surface area contributed by atoms with Crippen LogP contribution >= 0.6 is 0 Å². The fraction of sp³-hybridized carbons (Fsp3) is 0.750. The van der Waals surface area contributed by atoms with E-state index in [1.807, 2.05) is 13.8 Å². The summed E-state index contributed by atoms with van der Waals surface area (Å²) >= 11 is 0. The van der Waals surface area contributed by atoms with Crippen LogP contribution in [0.3, 0.4) is 0 Å². The first-order valence-corrected chi connectivity index (χ1v) is 7.99. The Kier molecular flexibility index (Phi) is 7.89. The smallest absolute Gasteiger partial charge is 0.334 e. The minimum absolute atomic E-state index is 0.210. The number of nitrogens with zero attached hydrogens (tertiary/aromatic N) is 1. The predicted molar refractivity (Wildman–Crippen MR) is 73.0 cm³/mol. The number of hydrogen-bond acceptors (Lipinski definition) is 4. The van der Waals surface area contributed by atoms with Gasteiger partial charge in [0.1, 0.15) is 0 Å². The Morgan fingerprint density at radius 1 is 1.32 bits per heavy atom. The van der Waals surface area contributed by atoms with Gasteiger partial charge in [0.2, 0.25) is 6.73 Å². The zero-order valence-corrected chi connectivity index (χ0v) is 12.6. The number of allylic oxidation sites excluding steroid dienone is 1. The maximum atomic E-state index is 11.3. The summed E-state index contributed by atoms with van der Waals surface area (Å²) in [6.07, 6.45) is 3.28. The number of rotatable bonds is 9. The Morgan fingerprint density at radius 3 is 2.32 bits per heavy atom. The molecule has 0 rings (SSSR count). The largest absolute Gasteiger partial charge is 0.412 e. The topological polar surface area (TPSA) is 80.7 Å². The summed E-state index contributed by atoms with van der Waals surface area (Å²) in [5.74, 6) is -0.669. The highest BCUT2D eigenvalue weighted by molar-refractivity contribution is 7.85. The van der Waals surface area contributed by atoms with Gasteiger partial charge in [-0.25, -0.2) is 4.79 Å². The van der Waals surface area contributed by atoms with Crippen molar-refractivity contribution >= 4 is 16.1 Å². The molecule has 0 radical (unpaired) electrons. The van der Waals surface area contributed by atoms with Gasteiger partial charge in [-0.3, -0.25) is 9.04 Å². The molecule has 0 aromatic carbocycles. The Balaban J connectivity index is 4.45. The molecule has 7 heteroatoms. The zero-order valence-electron chi connectivity index (χ0n) is 11.8. The van der Waals surface area contributed by atoms with Crippen molar-refractivity contribution in [1.82, 2.24) is 0 Å². The Labute approximate surface area is 115 Å². The molecule has 6 nitrogen and oxygen atoms in total. The standard InChI is InChI=1S/C12H23NO5S/c1-4-8-12(14)18-11-13(5-2,6-3)9-7-10-19(15,16)17/h4,8H,5-7,9-11H2,1-3H3/p+1. The van der Waals surface area contributed by atoms with E-state index in [2.05, 4.69) is 0 Å². The van der Waals surface area contributed by atoms with Gasteiger partial charge < -0.3 is 4.74 Å². The number of esters is 1. The quantitative estimate of drug-likeness (QED) is 0.227. The maximum Gasteiger partial charge on any atom is 0.334 e. The van der Waals surface area contributed by atoms with Crippen LogP contribution in [-0.2, 0) is 19.6 Å². The van der Waals surface area contributed by atoms with E-state index in [9.17, 15) is 13.2 Å². The van der Waals surface area contributed by atoms with Gasteiger partial charge in [0.15, 0.2) is 0 Å². The van der Waals surface area contributed by atoms with Crippen molar-refractivity contribution in [3.8, 4) is 0 Å². The van der Waals surface area contributed by atoms with Crippen molar-refractivity contribution in [3.05, 3.63) is 12.2 Å². The first kappa shape index (κ1) is 18.1. The minimum Gasteiger partial charge on any atom is -0.412 e. The van der Waals surface area contributed by atoms with E-state index in [1.54, 1.807) is 13.0 Å². The fourth-order valence-corrected chi connectivity index (χ4v) is 2.25. The van der Waals surface area contributed by atoms with Crippen molar-refractivity contribution in [2.75, 3.05) is 32.1 Å². The van der Waals surface area contributed by atoms with Gasteiger partial charge in [-0.2, -0.15) is 8.42 Å². The summed E-state index contributed by atoms with van der Waals surface area (Å²) < 4.78 is 35.7. The fourth-order valence-electron chi connectivity index (χ4n) is 1.75. The molecule has 0 bridgehead atoms. The summed E-state index contributed by atoms with van der Waals surface area (Å²) in [7, 11) is -3.93. The number of quaternary nitrogens is 1. The van der Waals surface area contributed by atoms with Crippen molar-refractivity contribution < 1.29 is 27.0 Å². The molecule has 19 heavy (non-hydrogen) atoms. The van der Waals surface area contributed by atoms with Crippen molar-refractivity contribution in [3.63, 3.8) is 0 Å². The Hall–Kier alpha value is -0.920. The molecular formula is C12H24NO5S+. The van der Waals surface area contributed by atoms with Gasteiger partial charge in [0.25, 0.3) is 10.1 Å². The van der Waals surface area contributed by atoms with Gasteiger partial charge in [0.05, 0.1) is 25.4 Å². The molecular weight excluding hydrogens is 270 g/mol. The van der Waals surface area contributed by atoms with Crippen molar-refractivity contribution in [2.24, 2.45) is 0 Å². The third-order valence-electron chi connectivity index (χ3n) is 3.16. The third-order valence-corrected chi connectivity index (χ3v) is 3.96. The first-order valence-electron chi connectivity index (χ1n) is 6.38. The third kappa shape index (κ3) is 7.97. The SMILES string of the molecule is CC=CC(=O)OC[N+](CC)(CC)CCCS(=O)(=O)O. The van der Waals surface area contributed by atoms with Crippen molar-refractivity contribution in [1.29, 1.82) is 0 Å². The van der Waals surface area contributed by atoms with Crippen LogP contribution < -0.4 is 0 Å². The van der Waals surface area contributed by atoms with Gasteiger partial charge in [0, 0.05) is 12.5 Å². The molecule has 0 unspecified atom stereocenters. The number of hydrogen-bond donors (Lipinski definition) is 1. The molecule has 0 aliphatic rings. The van der Waals surface area contributed by atoms with E-state index in [4.69, 9.17) is 9.29 Å². The summed E-state index contributed by atoms with van der Waals surface area (Å²) in [5, 5.41) is 0. The average Bonchev–Trinajstić information content (AvgIpc) is 2.33. The lowest BCUT2D eigenvalue weighted by Gasteiger charge is -2.35. The van der Waals surface area contributed by atoms with E-state index >= 15 is 0 Å². The summed E-state index contributed by atoms with van der Waals surface area (Å²) in [6, 6.07) is 0.